The van der Waals surface area contributed by atoms with Gasteiger partial charge >= 0.3 is 0 Å². The van der Waals surface area contributed by atoms with Gasteiger partial charge in [0.15, 0.2) is 0 Å². The summed E-state index contributed by atoms with van der Waals surface area (Å²) in [5, 5.41) is 3.00. The van der Waals surface area contributed by atoms with Crippen LogP contribution in [0.2, 0.25) is 0 Å². The fraction of sp³-hybridized carbons (Fsp3) is 0. The van der Waals surface area contributed by atoms with Crippen molar-refractivity contribution in [3.05, 3.63) is 82.9 Å². The van der Waals surface area contributed by atoms with Gasteiger partial charge in [-0.25, -0.2) is 0 Å². The van der Waals surface area contributed by atoms with Crippen molar-refractivity contribution in [2.75, 3.05) is 0 Å². The highest BCUT2D eigenvalue weighted by Crippen LogP contribution is 2.32. The maximum Gasteiger partial charge on any atom is 0.249 e. The highest BCUT2D eigenvalue weighted by atomic mass is 16.2. The third kappa shape index (κ3) is 3.74. The molecule has 0 aliphatic rings. The Kier molecular flexibility index (Phi) is 5.33. The highest BCUT2D eigenvalue weighted by Gasteiger charge is 2.18. The summed E-state index contributed by atoms with van der Waals surface area (Å²) >= 11 is 0. The molecule has 150 valence electrons. The van der Waals surface area contributed by atoms with Gasteiger partial charge in [-0.2, -0.15) is 0 Å². The van der Waals surface area contributed by atoms with Crippen molar-refractivity contribution in [2.24, 2.45) is 22.9 Å². The van der Waals surface area contributed by atoms with E-state index in [0.29, 0.717) is 27.6 Å². The second-order valence-electron chi connectivity index (χ2n) is 6.53. The Morgan fingerprint density at radius 1 is 0.567 bits per heavy atom. The first kappa shape index (κ1) is 20.3. The van der Waals surface area contributed by atoms with E-state index in [1.165, 1.54) is 24.3 Å². The zero-order valence-corrected chi connectivity index (χ0v) is 15.7. The van der Waals surface area contributed by atoms with Crippen LogP contribution in [0.3, 0.4) is 0 Å². The summed E-state index contributed by atoms with van der Waals surface area (Å²) in [7, 11) is 0. The normalized spacial score (nSPS) is 10.4. The van der Waals surface area contributed by atoms with Gasteiger partial charge in [-0.05, 0) is 52.6 Å². The van der Waals surface area contributed by atoms with E-state index in [9.17, 15) is 19.2 Å². The molecule has 4 amide bonds. The summed E-state index contributed by atoms with van der Waals surface area (Å²) in [6.07, 6.45) is 0. The number of hydrogen-bond donors (Lipinski definition) is 4. The smallest absolute Gasteiger partial charge is 0.249 e. The lowest BCUT2D eigenvalue weighted by atomic mass is 9.91. The SMILES string of the molecule is NC(=O)c1ccc(C(N)=O)cc1.NC(=O)c1ccc2c(C(N)=O)c1c1cccc2c1. The molecule has 0 fully saturated rings. The van der Waals surface area contributed by atoms with Crippen molar-refractivity contribution in [3.8, 4) is 0 Å². The first-order chi connectivity index (χ1) is 14.2. The predicted octanol–water partition coefficient (Wildman–Crippen LogP) is 1.51. The van der Waals surface area contributed by atoms with Crippen LogP contribution in [0.5, 0.6) is 0 Å². The van der Waals surface area contributed by atoms with Crippen molar-refractivity contribution in [2.45, 2.75) is 0 Å². The van der Waals surface area contributed by atoms with Crippen LogP contribution in [0.1, 0.15) is 41.4 Å². The van der Waals surface area contributed by atoms with Gasteiger partial charge in [0.2, 0.25) is 23.6 Å². The Morgan fingerprint density at radius 2 is 1.10 bits per heavy atom. The topological polar surface area (TPSA) is 172 Å². The molecule has 0 saturated heterocycles. The average Bonchev–Trinajstić information content (AvgIpc) is 2.72. The van der Waals surface area contributed by atoms with Crippen molar-refractivity contribution in [3.63, 3.8) is 0 Å². The number of benzene rings is 4. The number of carbonyl (C=O) groups excluding carboxylic acids is 4. The van der Waals surface area contributed by atoms with Crippen LogP contribution in [-0.4, -0.2) is 23.6 Å². The minimum absolute atomic E-state index is 0.324. The van der Waals surface area contributed by atoms with E-state index in [4.69, 9.17) is 22.9 Å². The van der Waals surface area contributed by atoms with Gasteiger partial charge in [0.05, 0.1) is 5.56 Å². The number of hydrogen-bond acceptors (Lipinski definition) is 4. The van der Waals surface area contributed by atoms with Crippen LogP contribution < -0.4 is 22.9 Å². The lowest BCUT2D eigenvalue weighted by Crippen LogP contribution is -2.17. The maximum atomic E-state index is 11.6. The van der Waals surface area contributed by atoms with Crippen LogP contribution in [-0.2, 0) is 0 Å². The summed E-state index contributed by atoms with van der Waals surface area (Å²) in [4.78, 5) is 44.3. The fourth-order valence-corrected chi connectivity index (χ4v) is 3.25. The monoisotopic (exact) mass is 402 g/mol. The third-order valence-corrected chi connectivity index (χ3v) is 4.63. The quantitative estimate of drug-likeness (QED) is 0.405. The molecule has 0 heterocycles. The molecule has 4 aromatic rings. The number of primary amides is 4. The fourth-order valence-electron chi connectivity index (χ4n) is 3.25. The second kappa shape index (κ2) is 7.88. The molecule has 4 rings (SSSR count). The second-order valence-corrected chi connectivity index (χ2v) is 6.53. The summed E-state index contributed by atoms with van der Waals surface area (Å²) in [6, 6.07) is 16.7. The van der Waals surface area contributed by atoms with Gasteiger partial charge in [0.1, 0.15) is 0 Å². The van der Waals surface area contributed by atoms with Gasteiger partial charge in [-0.1, -0.05) is 24.3 Å². The average molecular weight is 402 g/mol. The number of nitrogens with two attached hydrogens (primary N) is 4. The number of carbonyl (C=O) groups is 4. The zero-order chi connectivity index (χ0) is 22.0. The van der Waals surface area contributed by atoms with E-state index in [-0.39, 0.29) is 0 Å². The standard InChI is InChI=1S/C14H10N2O2.C8H8N2O2/c15-13(17)10-5-4-9-7-2-1-3-8(6-7)11(10)12(9)14(16)18;9-7(11)5-1-2-6(4-3-5)8(10)12/h1-6H,(H2,15,17)(H2,16,18);1-4H,(H2,9,11)(H2,10,12). The van der Waals surface area contributed by atoms with Gasteiger partial charge < -0.3 is 22.9 Å². The molecule has 0 aromatic heterocycles. The van der Waals surface area contributed by atoms with E-state index in [1.807, 2.05) is 24.3 Å². The minimum Gasteiger partial charge on any atom is -0.366 e. The van der Waals surface area contributed by atoms with Crippen molar-refractivity contribution >= 4 is 45.2 Å². The van der Waals surface area contributed by atoms with Gasteiger partial charge in [0.25, 0.3) is 0 Å². The van der Waals surface area contributed by atoms with Crippen LogP contribution in [0.15, 0.2) is 60.7 Å². The minimum atomic E-state index is -0.564. The Labute approximate surface area is 170 Å². The lowest BCUT2D eigenvalue weighted by Gasteiger charge is -2.13. The molecule has 0 atom stereocenters. The van der Waals surface area contributed by atoms with Crippen LogP contribution in [0, 0.1) is 0 Å². The molecular formula is C22H18N4O4. The van der Waals surface area contributed by atoms with E-state index < -0.39 is 23.6 Å². The summed E-state index contributed by atoms with van der Waals surface area (Å²) in [6.45, 7) is 0. The molecule has 8 heteroatoms. The third-order valence-electron chi connectivity index (χ3n) is 4.63. The summed E-state index contributed by atoms with van der Waals surface area (Å²) < 4.78 is 0. The Bertz CT molecular complexity index is 1260. The Hall–Kier alpha value is -4.46. The summed E-state index contributed by atoms with van der Waals surface area (Å²) in [5.41, 5.74) is 22.2. The zero-order valence-electron chi connectivity index (χ0n) is 15.7. The Balaban J connectivity index is 0.000000187. The first-order valence-corrected chi connectivity index (χ1v) is 8.77. The number of amides is 4. The summed E-state index contributed by atoms with van der Waals surface area (Å²) in [5.74, 6) is -2.15. The molecular weight excluding hydrogens is 384 g/mol. The molecule has 0 radical (unpaired) electrons. The largest absolute Gasteiger partial charge is 0.366 e. The van der Waals surface area contributed by atoms with Gasteiger partial charge in [0, 0.05) is 22.1 Å². The highest BCUT2D eigenvalue weighted by molar-refractivity contribution is 6.23. The molecule has 0 aliphatic heterocycles. The molecule has 8 nitrogen and oxygen atoms in total. The number of rotatable bonds is 4. The van der Waals surface area contributed by atoms with Gasteiger partial charge in [-0.3, -0.25) is 19.2 Å². The van der Waals surface area contributed by atoms with E-state index in [0.717, 1.165) is 16.2 Å². The Morgan fingerprint density at radius 3 is 1.57 bits per heavy atom. The molecule has 4 aromatic carbocycles. The van der Waals surface area contributed by atoms with Gasteiger partial charge in [-0.15, -0.1) is 0 Å². The van der Waals surface area contributed by atoms with Crippen molar-refractivity contribution < 1.29 is 19.2 Å². The molecule has 0 saturated carbocycles. The van der Waals surface area contributed by atoms with Crippen LogP contribution in [0.25, 0.3) is 21.5 Å². The van der Waals surface area contributed by atoms with E-state index >= 15 is 0 Å². The van der Waals surface area contributed by atoms with Crippen LogP contribution in [0.4, 0.5) is 0 Å². The van der Waals surface area contributed by atoms with E-state index in [2.05, 4.69) is 0 Å². The predicted molar refractivity (Wildman–Crippen MR) is 113 cm³/mol. The van der Waals surface area contributed by atoms with Crippen molar-refractivity contribution in [1.29, 1.82) is 0 Å². The molecule has 0 aliphatic carbocycles. The molecule has 4 bridgehead atoms. The molecule has 8 N–H and O–H groups in total. The molecule has 0 unspecified atom stereocenters. The maximum absolute atomic E-state index is 11.6. The number of fused-ring (bicyclic) bond motifs is 6. The van der Waals surface area contributed by atoms with Crippen LogP contribution >= 0.6 is 0 Å². The molecule has 0 spiro atoms. The lowest BCUT2D eigenvalue weighted by molar-refractivity contribution is 0.0988. The van der Waals surface area contributed by atoms with Crippen molar-refractivity contribution in [1.82, 2.24) is 0 Å². The molecule has 30 heavy (non-hydrogen) atoms. The first-order valence-electron chi connectivity index (χ1n) is 8.77. The van der Waals surface area contributed by atoms with E-state index in [1.54, 1.807) is 12.1 Å².